The molecular formula is C16H12ClNO6S. The van der Waals surface area contributed by atoms with Crippen molar-refractivity contribution in [2.24, 2.45) is 0 Å². The predicted molar refractivity (Wildman–Crippen MR) is 90.8 cm³/mol. The van der Waals surface area contributed by atoms with E-state index in [0.717, 1.165) is 0 Å². The van der Waals surface area contributed by atoms with Crippen molar-refractivity contribution in [3.05, 3.63) is 56.1 Å². The lowest BCUT2D eigenvalue weighted by atomic mass is 10.1. The average Bonchev–Trinajstić information content (AvgIpc) is 2.71. The number of aryl methyl sites for hydroxylation is 1. The number of fused-ring (bicyclic) bond motifs is 2. The quantitative estimate of drug-likeness (QED) is 0.446. The zero-order valence-electron chi connectivity index (χ0n) is 13.2. The fourth-order valence-corrected chi connectivity index (χ4v) is 4.15. The van der Waals surface area contributed by atoms with Crippen LogP contribution in [0.15, 0.2) is 29.2 Å². The SMILES string of the molecule is COC(=O)c1cc(C)c2c(c1)S(=O)Cc1cc([N+](=O)[O-])cc(Cl)c1O2. The summed E-state index contributed by atoms with van der Waals surface area (Å²) in [5.41, 5.74) is 0.988. The zero-order valence-corrected chi connectivity index (χ0v) is 14.8. The Morgan fingerprint density at radius 1 is 1.32 bits per heavy atom. The third-order valence-corrected chi connectivity index (χ3v) is 5.36. The fraction of sp³-hybridized carbons (Fsp3) is 0.188. The van der Waals surface area contributed by atoms with Crippen molar-refractivity contribution in [3.63, 3.8) is 0 Å². The Hall–Kier alpha value is -2.45. The van der Waals surface area contributed by atoms with Crippen LogP contribution in [-0.4, -0.2) is 22.2 Å². The summed E-state index contributed by atoms with van der Waals surface area (Å²) in [4.78, 5) is 22.5. The second-order valence-electron chi connectivity index (χ2n) is 5.38. The molecule has 9 heteroatoms. The van der Waals surface area contributed by atoms with E-state index >= 15 is 0 Å². The van der Waals surface area contributed by atoms with Gasteiger partial charge in [-0.05, 0) is 24.6 Å². The van der Waals surface area contributed by atoms with E-state index in [9.17, 15) is 19.1 Å². The molecule has 1 unspecified atom stereocenters. The highest BCUT2D eigenvalue weighted by atomic mass is 35.5. The molecule has 0 radical (unpaired) electrons. The number of non-ortho nitro benzene ring substituents is 1. The molecule has 0 N–H and O–H groups in total. The molecule has 1 heterocycles. The highest BCUT2D eigenvalue weighted by molar-refractivity contribution is 7.84. The zero-order chi connectivity index (χ0) is 18.3. The molecule has 0 bridgehead atoms. The first-order chi connectivity index (χ1) is 11.8. The van der Waals surface area contributed by atoms with Crippen LogP contribution in [0.5, 0.6) is 11.5 Å². The number of ether oxygens (including phenoxy) is 2. The Labute approximate surface area is 150 Å². The third-order valence-electron chi connectivity index (χ3n) is 3.71. The van der Waals surface area contributed by atoms with Gasteiger partial charge in [0, 0.05) is 17.7 Å². The molecule has 25 heavy (non-hydrogen) atoms. The van der Waals surface area contributed by atoms with E-state index in [1.165, 1.54) is 25.3 Å². The first kappa shape index (κ1) is 17.4. The molecule has 0 saturated carbocycles. The molecular weight excluding hydrogens is 370 g/mol. The van der Waals surface area contributed by atoms with E-state index in [4.69, 9.17) is 21.1 Å². The number of carbonyl (C=O) groups excluding carboxylic acids is 1. The van der Waals surface area contributed by atoms with Gasteiger partial charge in [-0.1, -0.05) is 11.6 Å². The third kappa shape index (κ3) is 3.10. The van der Waals surface area contributed by atoms with Crippen molar-refractivity contribution in [1.29, 1.82) is 0 Å². The molecule has 0 spiro atoms. The number of carbonyl (C=O) groups is 1. The Kier molecular flexibility index (Phi) is 4.49. The fourth-order valence-electron chi connectivity index (χ4n) is 2.56. The standard InChI is InChI=1S/C16H12ClNO6S/c1-8-3-9(16(19)23-2)5-13-14(8)24-15-10(7-25(13)22)4-11(18(20)21)6-12(15)17/h3-6H,7H2,1-2H3. The second kappa shape index (κ2) is 6.45. The predicted octanol–water partition coefficient (Wildman–Crippen LogP) is 3.76. The van der Waals surface area contributed by atoms with Gasteiger partial charge in [-0.15, -0.1) is 0 Å². The van der Waals surface area contributed by atoms with Crippen LogP contribution in [0.25, 0.3) is 0 Å². The van der Waals surface area contributed by atoms with Gasteiger partial charge in [0.2, 0.25) is 0 Å². The van der Waals surface area contributed by atoms with Crippen molar-refractivity contribution in [1.82, 2.24) is 0 Å². The molecule has 2 aromatic carbocycles. The van der Waals surface area contributed by atoms with Gasteiger partial charge in [0.25, 0.3) is 5.69 Å². The molecule has 130 valence electrons. The van der Waals surface area contributed by atoms with Crippen LogP contribution >= 0.6 is 11.6 Å². The van der Waals surface area contributed by atoms with Crippen molar-refractivity contribution in [2.45, 2.75) is 17.6 Å². The van der Waals surface area contributed by atoms with Crippen molar-refractivity contribution in [2.75, 3.05) is 7.11 Å². The van der Waals surface area contributed by atoms with Gasteiger partial charge in [0.05, 0.1) is 44.1 Å². The maximum atomic E-state index is 12.7. The van der Waals surface area contributed by atoms with Gasteiger partial charge in [-0.2, -0.15) is 0 Å². The first-order valence-corrected chi connectivity index (χ1v) is 8.77. The van der Waals surface area contributed by atoms with E-state index in [2.05, 4.69) is 0 Å². The number of hydrogen-bond acceptors (Lipinski definition) is 6. The number of hydrogen-bond donors (Lipinski definition) is 0. The Morgan fingerprint density at radius 3 is 2.68 bits per heavy atom. The number of benzene rings is 2. The molecule has 1 atom stereocenters. The second-order valence-corrected chi connectivity index (χ2v) is 7.20. The van der Waals surface area contributed by atoms with Gasteiger partial charge in [0.1, 0.15) is 5.75 Å². The van der Waals surface area contributed by atoms with Crippen LogP contribution in [0.2, 0.25) is 5.02 Å². The first-order valence-electron chi connectivity index (χ1n) is 7.07. The normalized spacial score (nSPS) is 15.4. The lowest BCUT2D eigenvalue weighted by molar-refractivity contribution is -0.384. The lowest BCUT2D eigenvalue weighted by Crippen LogP contribution is -2.05. The van der Waals surface area contributed by atoms with Gasteiger partial charge in [0.15, 0.2) is 5.75 Å². The number of halogens is 1. The number of nitro groups is 1. The highest BCUT2D eigenvalue weighted by Gasteiger charge is 2.27. The summed E-state index contributed by atoms with van der Waals surface area (Å²) in [5, 5.41) is 11.1. The largest absolute Gasteiger partial charge is 0.465 e. The van der Waals surface area contributed by atoms with Gasteiger partial charge >= 0.3 is 5.97 Å². The molecule has 0 aliphatic carbocycles. The summed E-state index contributed by atoms with van der Waals surface area (Å²) in [6.45, 7) is 1.70. The number of methoxy groups -OCH3 is 1. The molecule has 1 aliphatic rings. The molecule has 3 rings (SSSR count). The Balaban J connectivity index is 2.18. The van der Waals surface area contributed by atoms with E-state index in [0.29, 0.717) is 21.8 Å². The van der Waals surface area contributed by atoms with Crippen molar-refractivity contribution >= 4 is 34.1 Å². The van der Waals surface area contributed by atoms with Crippen LogP contribution in [0, 0.1) is 17.0 Å². The van der Waals surface area contributed by atoms with Crippen LogP contribution in [0.3, 0.4) is 0 Å². The van der Waals surface area contributed by atoms with Crippen LogP contribution in [0.1, 0.15) is 21.5 Å². The summed E-state index contributed by atoms with van der Waals surface area (Å²) >= 11 is 6.13. The van der Waals surface area contributed by atoms with E-state index in [1.807, 2.05) is 0 Å². The topological polar surface area (TPSA) is 95.7 Å². The molecule has 0 saturated heterocycles. The Bertz CT molecular complexity index is 943. The monoisotopic (exact) mass is 381 g/mol. The van der Waals surface area contributed by atoms with Crippen LogP contribution in [0.4, 0.5) is 5.69 Å². The number of nitrogens with zero attached hydrogens (tertiary/aromatic N) is 1. The van der Waals surface area contributed by atoms with Crippen LogP contribution in [-0.2, 0) is 21.3 Å². The van der Waals surface area contributed by atoms with Crippen molar-refractivity contribution < 1.29 is 23.4 Å². The minimum Gasteiger partial charge on any atom is -0.465 e. The van der Waals surface area contributed by atoms with Crippen LogP contribution < -0.4 is 4.74 Å². The molecule has 0 aromatic heterocycles. The summed E-state index contributed by atoms with van der Waals surface area (Å²) in [7, 11) is -0.321. The smallest absolute Gasteiger partial charge is 0.337 e. The van der Waals surface area contributed by atoms with Gasteiger partial charge in [-0.3, -0.25) is 14.3 Å². The minimum absolute atomic E-state index is 0.0200. The number of nitro benzene ring substituents is 1. The molecule has 7 nitrogen and oxygen atoms in total. The van der Waals surface area contributed by atoms with E-state index in [1.54, 1.807) is 13.0 Å². The molecule has 0 fully saturated rings. The maximum absolute atomic E-state index is 12.7. The molecule has 1 aliphatic heterocycles. The minimum atomic E-state index is -1.58. The summed E-state index contributed by atoms with van der Waals surface area (Å²) in [6.07, 6.45) is 0. The van der Waals surface area contributed by atoms with E-state index < -0.39 is 21.7 Å². The highest BCUT2D eigenvalue weighted by Crippen LogP contribution is 2.43. The number of rotatable bonds is 2. The molecule has 2 aromatic rings. The summed E-state index contributed by atoms with van der Waals surface area (Å²) < 4.78 is 23.3. The maximum Gasteiger partial charge on any atom is 0.337 e. The molecule has 0 amide bonds. The lowest BCUT2D eigenvalue weighted by Gasteiger charge is -2.13. The van der Waals surface area contributed by atoms with E-state index in [-0.39, 0.29) is 27.8 Å². The van der Waals surface area contributed by atoms with Crippen molar-refractivity contribution in [3.8, 4) is 11.5 Å². The number of esters is 1. The summed E-state index contributed by atoms with van der Waals surface area (Å²) in [6, 6.07) is 5.48. The van der Waals surface area contributed by atoms with Gasteiger partial charge < -0.3 is 9.47 Å². The summed E-state index contributed by atoms with van der Waals surface area (Å²) in [5.74, 6) is -0.0274. The van der Waals surface area contributed by atoms with Gasteiger partial charge in [-0.25, -0.2) is 4.79 Å². The Morgan fingerprint density at radius 2 is 2.04 bits per heavy atom. The average molecular weight is 382 g/mol.